The highest BCUT2D eigenvalue weighted by molar-refractivity contribution is 5.81. The fraction of sp³-hybridized carbons (Fsp3) is 0.902. The Morgan fingerprint density at radius 3 is 1.38 bits per heavy atom. The van der Waals surface area contributed by atoms with Gasteiger partial charge >= 0.3 is 11.9 Å². The first-order valence-electron chi connectivity index (χ1n) is 25.5. The first-order valence-corrected chi connectivity index (χ1v) is 25.5. The van der Waals surface area contributed by atoms with Crippen molar-refractivity contribution in [2.45, 2.75) is 240 Å². The van der Waals surface area contributed by atoms with Gasteiger partial charge in [-0.05, 0) is 90.4 Å². The summed E-state index contributed by atoms with van der Waals surface area (Å²) in [6.45, 7) is 17.5. The van der Waals surface area contributed by atoms with Crippen LogP contribution in [0.4, 0.5) is 0 Å². The van der Waals surface area contributed by atoms with Crippen molar-refractivity contribution in [2.75, 3.05) is 45.9 Å². The van der Waals surface area contributed by atoms with Crippen LogP contribution in [-0.4, -0.2) is 73.5 Å². The Balaban J connectivity index is 2.39. The molecule has 0 amide bonds. The van der Waals surface area contributed by atoms with Crippen molar-refractivity contribution in [2.24, 2.45) is 16.8 Å². The van der Waals surface area contributed by atoms with E-state index in [9.17, 15) is 9.59 Å². The summed E-state index contributed by atoms with van der Waals surface area (Å²) >= 11 is 0. The molecule has 1 heterocycles. The highest BCUT2D eigenvalue weighted by atomic mass is 16.5. The second-order valence-corrected chi connectivity index (χ2v) is 17.7. The summed E-state index contributed by atoms with van der Waals surface area (Å²) in [6.07, 6.45) is 42.1. The van der Waals surface area contributed by atoms with Gasteiger partial charge in [0.15, 0.2) is 0 Å². The van der Waals surface area contributed by atoms with Gasteiger partial charge in [-0.2, -0.15) is 0 Å². The van der Waals surface area contributed by atoms with Crippen molar-refractivity contribution >= 4 is 17.8 Å². The van der Waals surface area contributed by atoms with Crippen LogP contribution in [0.5, 0.6) is 0 Å². The third kappa shape index (κ3) is 31.1. The SMILES string of the molecule is CCCCCCCCC(CCCC)C(=O)OCCCCCCCN(CCCCCCOC(=O)C(CCCCCC)CCCCCCCC)CCCN1C=CCN=C1C. The van der Waals surface area contributed by atoms with Gasteiger partial charge in [0.05, 0.1) is 31.6 Å². The largest absolute Gasteiger partial charge is 0.465 e. The van der Waals surface area contributed by atoms with Crippen molar-refractivity contribution in [3.63, 3.8) is 0 Å². The highest BCUT2D eigenvalue weighted by Gasteiger charge is 2.20. The Morgan fingerprint density at radius 2 is 0.914 bits per heavy atom. The lowest BCUT2D eigenvalue weighted by atomic mass is 9.94. The summed E-state index contributed by atoms with van der Waals surface area (Å²) < 4.78 is 11.7. The second kappa shape index (κ2) is 40.5. The number of amidine groups is 1. The molecule has 0 aromatic heterocycles. The first-order chi connectivity index (χ1) is 28.5. The minimum absolute atomic E-state index is 0.0563. The number of nitrogens with zero attached hydrogens (tertiary/aromatic N) is 3. The molecule has 0 saturated carbocycles. The monoisotopic (exact) mass is 816 g/mol. The van der Waals surface area contributed by atoms with E-state index in [2.05, 4.69) is 61.7 Å². The van der Waals surface area contributed by atoms with Crippen molar-refractivity contribution in [3.8, 4) is 0 Å². The number of carbonyl (C=O) groups excluding carboxylic acids is 2. The molecule has 1 rings (SSSR count). The summed E-state index contributed by atoms with van der Waals surface area (Å²) in [4.78, 5) is 35.5. The van der Waals surface area contributed by atoms with E-state index in [1.54, 1.807) is 0 Å². The summed E-state index contributed by atoms with van der Waals surface area (Å²) in [7, 11) is 0. The second-order valence-electron chi connectivity index (χ2n) is 17.7. The van der Waals surface area contributed by atoms with Crippen LogP contribution < -0.4 is 0 Å². The van der Waals surface area contributed by atoms with E-state index in [1.807, 2.05) is 0 Å². The molecule has 0 bridgehead atoms. The molecule has 0 radical (unpaired) electrons. The van der Waals surface area contributed by atoms with Crippen LogP contribution in [0.15, 0.2) is 17.3 Å². The molecule has 0 saturated heterocycles. The third-order valence-corrected chi connectivity index (χ3v) is 12.3. The summed E-state index contributed by atoms with van der Waals surface area (Å²) in [5, 5.41) is 0. The van der Waals surface area contributed by atoms with E-state index >= 15 is 0 Å². The van der Waals surface area contributed by atoms with Crippen LogP contribution in [0.3, 0.4) is 0 Å². The molecular formula is C51H97N3O4. The van der Waals surface area contributed by atoms with Gasteiger partial charge in [0, 0.05) is 12.7 Å². The molecule has 1 aliphatic rings. The number of esters is 2. The lowest BCUT2D eigenvalue weighted by Crippen LogP contribution is -2.32. The van der Waals surface area contributed by atoms with Crippen molar-refractivity contribution in [1.82, 2.24) is 9.80 Å². The van der Waals surface area contributed by atoms with Gasteiger partial charge in [-0.15, -0.1) is 0 Å². The van der Waals surface area contributed by atoms with E-state index < -0.39 is 0 Å². The maximum Gasteiger partial charge on any atom is 0.308 e. The maximum atomic E-state index is 13.1. The van der Waals surface area contributed by atoms with Crippen LogP contribution >= 0.6 is 0 Å². The Morgan fingerprint density at radius 1 is 0.534 bits per heavy atom. The lowest BCUT2D eigenvalue weighted by Gasteiger charge is -2.26. The molecule has 1 aliphatic heterocycles. The fourth-order valence-electron chi connectivity index (χ4n) is 8.30. The molecule has 58 heavy (non-hydrogen) atoms. The standard InChI is InChI=1S/C51H97N3O4/c1-6-10-14-17-20-27-37-48(35-13-9-4)50(55)57-45-31-24-19-22-29-40-53(42-34-44-54-43-33-39-52-47(54)5)41-30-23-25-32-46-58-51(56)49(36-26-16-12-8-3)38-28-21-18-15-11-7-2/h33,43,48-49H,6-32,34-42,44-46H2,1-5H3. The number of ether oxygens (including phenoxy) is 2. The van der Waals surface area contributed by atoms with E-state index in [4.69, 9.17) is 9.47 Å². The number of hydrogen-bond donors (Lipinski definition) is 0. The maximum absolute atomic E-state index is 13.1. The predicted octanol–water partition coefficient (Wildman–Crippen LogP) is 14.4. The van der Waals surface area contributed by atoms with Crippen LogP contribution in [-0.2, 0) is 19.1 Å². The molecule has 0 N–H and O–H groups in total. The Hall–Kier alpha value is -1.89. The average Bonchev–Trinajstić information content (AvgIpc) is 3.23. The molecule has 7 nitrogen and oxygen atoms in total. The molecule has 0 aliphatic carbocycles. The Labute approximate surface area is 360 Å². The number of aliphatic imine (C=N–C) groups is 1. The van der Waals surface area contributed by atoms with Gasteiger partial charge < -0.3 is 19.3 Å². The number of rotatable bonds is 43. The number of hydrogen-bond acceptors (Lipinski definition) is 7. The predicted molar refractivity (Wildman–Crippen MR) is 250 cm³/mol. The van der Waals surface area contributed by atoms with E-state index in [1.165, 1.54) is 116 Å². The van der Waals surface area contributed by atoms with Crippen molar-refractivity contribution < 1.29 is 19.1 Å². The van der Waals surface area contributed by atoms with Crippen LogP contribution in [0, 0.1) is 11.8 Å². The zero-order chi connectivity index (χ0) is 42.2. The molecule has 2 atom stereocenters. The average molecular weight is 816 g/mol. The highest BCUT2D eigenvalue weighted by Crippen LogP contribution is 2.22. The normalized spacial score (nSPS) is 13.9. The van der Waals surface area contributed by atoms with Gasteiger partial charge in [-0.25, -0.2) is 0 Å². The quantitative estimate of drug-likeness (QED) is 0.0451. The molecule has 0 aromatic rings. The molecule has 2 unspecified atom stereocenters. The van der Waals surface area contributed by atoms with Gasteiger partial charge in [0.25, 0.3) is 0 Å². The van der Waals surface area contributed by atoms with Gasteiger partial charge in [0.2, 0.25) is 0 Å². The zero-order valence-electron chi connectivity index (χ0n) is 39.4. The fourth-order valence-corrected chi connectivity index (χ4v) is 8.30. The smallest absolute Gasteiger partial charge is 0.308 e. The van der Waals surface area contributed by atoms with E-state index in [0.29, 0.717) is 13.2 Å². The summed E-state index contributed by atoms with van der Waals surface area (Å²) in [5.41, 5.74) is 0. The van der Waals surface area contributed by atoms with Gasteiger partial charge in [-0.1, -0.05) is 175 Å². The van der Waals surface area contributed by atoms with Crippen molar-refractivity contribution in [1.29, 1.82) is 0 Å². The van der Waals surface area contributed by atoms with Gasteiger partial charge in [0.1, 0.15) is 5.84 Å². The molecule has 0 fully saturated rings. The lowest BCUT2D eigenvalue weighted by molar-refractivity contribution is -0.150. The molecule has 340 valence electrons. The van der Waals surface area contributed by atoms with Crippen LogP contribution in [0.1, 0.15) is 240 Å². The molecule has 0 spiro atoms. The number of unbranched alkanes of at least 4 members (excludes halogenated alkanes) is 21. The van der Waals surface area contributed by atoms with Crippen LogP contribution in [0.25, 0.3) is 0 Å². The zero-order valence-corrected chi connectivity index (χ0v) is 39.4. The first kappa shape index (κ1) is 54.1. The number of carbonyl (C=O) groups is 2. The molecule has 0 aromatic carbocycles. The van der Waals surface area contributed by atoms with Crippen LogP contribution in [0.2, 0.25) is 0 Å². The Kier molecular flexibility index (Phi) is 37.8. The molecular weight excluding hydrogens is 719 g/mol. The summed E-state index contributed by atoms with van der Waals surface area (Å²) in [5.74, 6) is 1.44. The third-order valence-electron chi connectivity index (χ3n) is 12.3. The molecule has 7 heteroatoms. The van der Waals surface area contributed by atoms with E-state index in [0.717, 1.165) is 128 Å². The van der Waals surface area contributed by atoms with Crippen molar-refractivity contribution in [3.05, 3.63) is 12.3 Å². The minimum atomic E-state index is 0.0563. The van der Waals surface area contributed by atoms with Gasteiger partial charge in [-0.3, -0.25) is 14.6 Å². The Bertz CT molecular complexity index is 1000. The van der Waals surface area contributed by atoms with E-state index in [-0.39, 0.29) is 23.8 Å². The summed E-state index contributed by atoms with van der Waals surface area (Å²) in [6, 6.07) is 0. The topological polar surface area (TPSA) is 71.4 Å². The minimum Gasteiger partial charge on any atom is -0.465 e.